The molecule has 0 saturated heterocycles. The molecule has 45 heavy (non-hydrogen) atoms. The van der Waals surface area contributed by atoms with Crippen LogP contribution in [-0.4, -0.2) is 0 Å². The highest BCUT2D eigenvalue weighted by Crippen LogP contribution is 2.44. The van der Waals surface area contributed by atoms with Gasteiger partial charge in [0, 0.05) is 0 Å². The van der Waals surface area contributed by atoms with Crippen LogP contribution in [0.4, 0.5) is 0 Å². The minimum Gasteiger partial charge on any atom is -0.0702 e. The molecule has 0 fully saturated rings. The normalized spacial score (nSPS) is 10.7. The highest BCUT2D eigenvalue weighted by Gasteiger charge is 2.22. The fourth-order valence-electron chi connectivity index (χ4n) is 6.01. The van der Waals surface area contributed by atoms with E-state index in [-0.39, 0.29) is 0 Å². The summed E-state index contributed by atoms with van der Waals surface area (Å²) in [5.74, 6) is 0. The maximum Gasteiger partial charge on any atom is -0.00203 e. The van der Waals surface area contributed by atoms with Crippen molar-refractivity contribution in [2.45, 2.75) is 0 Å². The van der Waals surface area contributed by atoms with Gasteiger partial charge in [0.05, 0.1) is 0 Å². The Kier molecular flexibility index (Phi) is 8.46. The van der Waals surface area contributed by atoms with Crippen LogP contribution in [0.25, 0.3) is 43.8 Å². The Morgan fingerprint density at radius 3 is 1.49 bits per heavy atom. The van der Waals surface area contributed by atoms with Gasteiger partial charge in [-0.05, 0) is 79.8 Å². The summed E-state index contributed by atoms with van der Waals surface area (Å²) in [6.07, 6.45) is 0. The van der Waals surface area contributed by atoms with Gasteiger partial charge in [0.2, 0.25) is 0 Å². The lowest BCUT2D eigenvalue weighted by Crippen LogP contribution is -2.22. The molecule has 0 amide bonds. The average Bonchev–Trinajstić information content (AvgIpc) is 3.13. The summed E-state index contributed by atoms with van der Waals surface area (Å²) in [6.45, 7) is 0. The summed E-state index contributed by atoms with van der Waals surface area (Å²) >= 11 is 0. The topological polar surface area (TPSA) is 0 Å². The fourth-order valence-corrected chi connectivity index (χ4v) is 8.48. The van der Waals surface area contributed by atoms with Crippen molar-refractivity contribution in [3.05, 3.63) is 200 Å². The molecular formula is C44H31P. The molecule has 0 spiro atoms. The molecule has 0 N–H and O–H groups in total. The monoisotopic (exact) mass is 590 g/mol. The molecule has 8 rings (SSSR count). The van der Waals surface area contributed by atoms with Gasteiger partial charge < -0.3 is 0 Å². The van der Waals surface area contributed by atoms with Gasteiger partial charge in [0.1, 0.15) is 0 Å². The molecule has 0 aromatic heterocycles. The third-order valence-corrected chi connectivity index (χ3v) is 10.5. The third-order valence-electron chi connectivity index (χ3n) is 8.01. The van der Waals surface area contributed by atoms with E-state index in [1.807, 2.05) is 24.3 Å². The van der Waals surface area contributed by atoms with Crippen LogP contribution in [0.15, 0.2) is 188 Å². The summed E-state index contributed by atoms with van der Waals surface area (Å²) in [6, 6.07) is 72.8. The maximum atomic E-state index is 2.77. The molecule has 0 unspecified atom stereocenters. The van der Waals surface area contributed by atoms with Crippen molar-refractivity contribution in [2.24, 2.45) is 0 Å². The first kappa shape index (κ1) is 28.3. The molecule has 0 nitrogen and oxygen atoms in total. The van der Waals surface area contributed by atoms with Gasteiger partial charge >= 0.3 is 0 Å². The van der Waals surface area contributed by atoms with Crippen LogP contribution in [0.5, 0.6) is 0 Å². The Labute approximate surface area is 267 Å². The van der Waals surface area contributed by atoms with Gasteiger partial charge in [-0.15, -0.1) is 0 Å². The number of rotatable bonds is 5. The van der Waals surface area contributed by atoms with Gasteiger partial charge in [-0.3, -0.25) is 0 Å². The molecule has 0 aliphatic carbocycles. The first-order chi connectivity index (χ1) is 22.4. The van der Waals surface area contributed by atoms with E-state index in [1.165, 1.54) is 59.7 Å². The van der Waals surface area contributed by atoms with Gasteiger partial charge in [0.15, 0.2) is 0 Å². The summed E-state index contributed by atoms with van der Waals surface area (Å²) < 4.78 is 0. The van der Waals surface area contributed by atoms with E-state index in [4.69, 9.17) is 0 Å². The zero-order valence-corrected chi connectivity index (χ0v) is 25.7. The van der Waals surface area contributed by atoms with E-state index < -0.39 is 7.92 Å². The van der Waals surface area contributed by atoms with Crippen LogP contribution in [0, 0.1) is 12.1 Å². The van der Waals surface area contributed by atoms with Crippen molar-refractivity contribution in [1.29, 1.82) is 0 Å². The highest BCUT2D eigenvalue weighted by atomic mass is 31.1. The molecule has 0 atom stereocenters. The van der Waals surface area contributed by atoms with E-state index in [0.717, 1.165) is 0 Å². The van der Waals surface area contributed by atoms with E-state index in [2.05, 4.69) is 176 Å². The smallest absolute Gasteiger partial charge is 0.00203 e. The quantitative estimate of drug-likeness (QED) is 0.175. The molecule has 0 radical (unpaired) electrons. The summed E-state index contributed by atoms with van der Waals surface area (Å²) in [7, 11) is -0.749. The molecule has 0 heterocycles. The summed E-state index contributed by atoms with van der Waals surface area (Å²) in [5.41, 5.74) is 5.15. The second kappa shape index (κ2) is 13.4. The van der Waals surface area contributed by atoms with E-state index >= 15 is 0 Å². The predicted octanol–water partition coefficient (Wildman–Crippen LogP) is 10.4. The molecular weight excluding hydrogens is 559 g/mol. The number of hydrogen-bond donors (Lipinski definition) is 0. The zero-order valence-electron chi connectivity index (χ0n) is 24.8. The van der Waals surface area contributed by atoms with Crippen LogP contribution in [0.1, 0.15) is 0 Å². The third kappa shape index (κ3) is 6.01. The Bertz CT molecular complexity index is 2080. The first-order valence-corrected chi connectivity index (χ1v) is 16.5. The van der Waals surface area contributed by atoms with Gasteiger partial charge in [-0.2, -0.15) is 0 Å². The molecule has 1 heteroatoms. The first-order valence-electron chi connectivity index (χ1n) is 15.2. The lowest BCUT2D eigenvalue weighted by molar-refractivity contribution is 1.64. The Morgan fingerprint density at radius 1 is 0.333 bits per heavy atom. The van der Waals surface area contributed by atoms with Crippen molar-refractivity contribution < 1.29 is 0 Å². The average molecular weight is 591 g/mol. The second-order valence-corrected chi connectivity index (χ2v) is 13.0. The standard InChI is InChI=1S/C38H27P.C6H4/c1-3-17-30(18-4-1)39(31-19-5-2-6-20-31)37-25-12-11-23-34(37)36-27-26-29-15-8-10-22-33(29)38(36)35-24-13-16-28-14-7-9-21-32(28)35;1-2-4-6-5-3-1/h1-27H;1-4H. The molecule has 0 saturated carbocycles. The number of fused-ring (bicyclic) bond motifs is 2. The molecule has 0 aliphatic heterocycles. The predicted molar refractivity (Wildman–Crippen MR) is 195 cm³/mol. The summed E-state index contributed by atoms with van der Waals surface area (Å²) in [4.78, 5) is 0. The van der Waals surface area contributed by atoms with Crippen LogP contribution in [-0.2, 0) is 0 Å². The van der Waals surface area contributed by atoms with Crippen molar-refractivity contribution >= 4 is 45.4 Å². The maximum absolute atomic E-state index is 2.77. The van der Waals surface area contributed by atoms with Gasteiger partial charge in [-0.25, -0.2) is 0 Å². The SMILES string of the molecule is c1ccc(P(c2ccccc2)c2ccccc2-c2ccc3ccccc3c2-c2cccc3ccccc23)cc1.c1ccccc#1. The van der Waals surface area contributed by atoms with Gasteiger partial charge in [-0.1, -0.05) is 188 Å². The Hall–Kier alpha value is -5.47. The number of hydrogen-bond acceptors (Lipinski definition) is 0. The largest absolute Gasteiger partial charge is 0.0702 e. The van der Waals surface area contributed by atoms with Crippen LogP contribution in [0.3, 0.4) is 0 Å². The molecule has 8 aromatic rings. The van der Waals surface area contributed by atoms with Gasteiger partial charge in [0.25, 0.3) is 0 Å². The van der Waals surface area contributed by atoms with Crippen LogP contribution >= 0.6 is 7.92 Å². The van der Waals surface area contributed by atoms with Crippen molar-refractivity contribution in [3.8, 4) is 22.3 Å². The van der Waals surface area contributed by atoms with E-state index in [0.29, 0.717) is 0 Å². The Morgan fingerprint density at radius 2 is 0.844 bits per heavy atom. The minimum absolute atomic E-state index is 0.749. The van der Waals surface area contributed by atoms with E-state index in [9.17, 15) is 0 Å². The molecule has 212 valence electrons. The fraction of sp³-hybridized carbons (Fsp3) is 0. The van der Waals surface area contributed by atoms with Crippen molar-refractivity contribution in [1.82, 2.24) is 0 Å². The lowest BCUT2D eigenvalue weighted by Gasteiger charge is -2.24. The molecule has 0 bridgehead atoms. The van der Waals surface area contributed by atoms with Crippen molar-refractivity contribution in [2.75, 3.05) is 0 Å². The second-order valence-electron chi connectivity index (χ2n) is 10.8. The summed E-state index contributed by atoms with van der Waals surface area (Å²) in [5, 5.41) is 9.18. The molecule has 8 aromatic carbocycles. The van der Waals surface area contributed by atoms with E-state index in [1.54, 1.807) is 0 Å². The van der Waals surface area contributed by atoms with Crippen LogP contribution < -0.4 is 15.9 Å². The lowest BCUT2D eigenvalue weighted by atomic mass is 9.87. The number of benzene rings is 7. The van der Waals surface area contributed by atoms with Crippen molar-refractivity contribution in [3.63, 3.8) is 0 Å². The van der Waals surface area contributed by atoms with Crippen LogP contribution in [0.2, 0.25) is 0 Å². The highest BCUT2D eigenvalue weighted by molar-refractivity contribution is 7.80. The minimum atomic E-state index is -0.749. The molecule has 0 aliphatic rings. The Balaban J connectivity index is 0.000000488. The zero-order chi connectivity index (χ0) is 30.3.